The van der Waals surface area contributed by atoms with Crippen molar-refractivity contribution in [1.82, 2.24) is 0 Å². The lowest BCUT2D eigenvalue weighted by Crippen LogP contribution is -2.43. The number of hydrogen-bond donors (Lipinski definition) is 3. The van der Waals surface area contributed by atoms with Crippen molar-refractivity contribution in [1.29, 1.82) is 0 Å². The van der Waals surface area contributed by atoms with E-state index in [9.17, 15) is 24.3 Å². The average molecular weight is 331 g/mol. The Morgan fingerprint density at radius 1 is 1.14 bits per heavy atom. The molecule has 9 heteroatoms. The monoisotopic (exact) mass is 330 g/mol. The molecule has 0 aromatic heterocycles. The molecule has 0 spiro atoms. The van der Waals surface area contributed by atoms with Gasteiger partial charge in [-0.1, -0.05) is 17.7 Å². The second-order valence-corrected chi connectivity index (χ2v) is 4.79. The molecular formula is C13H11ClO8. The van der Waals surface area contributed by atoms with E-state index in [-0.39, 0.29) is 10.6 Å². The number of halogens is 1. The van der Waals surface area contributed by atoms with Crippen LogP contribution >= 0.6 is 11.6 Å². The number of carboxylic acids is 2. The summed E-state index contributed by atoms with van der Waals surface area (Å²) in [5.41, 5.74) is -2.92. The van der Waals surface area contributed by atoms with Crippen LogP contribution in [0.5, 0.6) is 0 Å². The molecule has 0 bridgehead atoms. The van der Waals surface area contributed by atoms with Gasteiger partial charge in [-0.05, 0) is 18.2 Å². The highest BCUT2D eigenvalue weighted by Crippen LogP contribution is 2.18. The van der Waals surface area contributed by atoms with Crippen LogP contribution in [0, 0.1) is 0 Å². The molecule has 1 aromatic carbocycles. The summed E-state index contributed by atoms with van der Waals surface area (Å²) >= 11 is 5.66. The van der Waals surface area contributed by atoms with Gasteiger partial charge in [-0.2, -0.15) is 0 Å². The minimum absolute atomic E-state index is 0.0575. The second kappa shape index (κ2) is 7.01. The van der Waals surface area contributed by atoms with E-state index < -0.39 is 42.3 Å². The van der Waals surface area contributed by atoms with Crippen LogP contribution in [-0.2, 0) is 19.1 Å². The lowest BCUT2D eigenvalue weighted by molar-refractivity contribution is -0.170. The molecule has 118 valence electrons. The van der Waals surface area contributed by atoms with Gasteiger partial charge in [0, 0.05) is 5.02 Å². The van der Waals surface area contributed by atoms with Crippen LogP contribution < -0.4 is 0 Å². The fourth-order valence-electron chi connectivity index (χ4n) is 1.52. The summed E-state index contributed by atoms with van der Waals surface area (Å²) in [4.78, 5) is 44.6. The zero-order chi connectivity index (χ0) is 16.9. The predicted molar refractivity (Wildman–Crippen MR) is 71.3 cm³/mol. The number of hydrogen-bond acceptors (Lipinski definition) is 6. The molecule has 0 radical (unpaired) electrons. The Morgan fingerprint density at radius 3 is 2.27 bits per heavy atom. The van der Waals surface area contributed by atoms with Crippen molar-refractivity contribution in [3.8, 4) is 0 Å². The fraction of sp³-hybridized carbons (Fsp3) is 0.231. The molecule has 1 aromatic rings. The normalized spacial score (nSPS) is 13.0. The van der Waals surface area contributed by atoms with E-state index in [0.717, 1.165) is 0 Å². The third kappa shape index (κ3) is 4.83. The number of carboxylic acid groups (broad SMARTS) is 2. The Labute approximate surface area is 128 Å². The summed E-state index contributed by atoms with van der Waals surface area (Å²) in [5.74, 6) is -6.02. The van der Waals surface area contributed by atoms with Crippen molar-refractivity contribution in [3.05, 3.63) is 34.9 Å². The Bertz CT molecular complexity index is 626. The first-order valence-electron chi connectivity index (χ1n) is 5.82. The Kier molecular flexibility index (Phi) is 5.61. The smallest absolute Gasteiger partial charge is 0.345 e. The highest BCUT2D eigenvalue weighted by molar-refractivity contribution is 6.30. The van der Waals surface area contributed by atoms with Gasteiger partial charge < -0.3 is 20.1 Å². The molecular weight excluding hydrogens is 320 g/mol. The number of esters is 2. The van der Waals surface area contributed by atoms with Crippen LogP contribution in [0.4, 0.5) is 0 Å². The second-order valence-electron chi connectivity index (χ2n) is 4.36. The van der Waals surface area contributed by atoms with Crippen LogP contribution in [0.2, 0.25) is 5.02 Å². The maximum absolute atomic E-state index is 11.6. The van der Waals surface area contributed by atoms with Gasteiger partial charge in [-0.25, -0.2) is 9.59 Å². The summed E-state index contributed by atoms with van der Waals surface area (Å²) in [7, 11) is 0. The van der Waals surface area contributed by atoms with Crippen LogP contribution in [0.3, 0.4) is 0 Å². The van der Waals surface area contributed by atoms with E-state index in [4.69, 9.17) is 21.8 Å². The van der Waals surface area contributed by atoms with Gasteiger partial charge in [-0.3, -0.25) is 9.59 Å². The van der Waals surface area contributed by atoms with Gasteiger partial charge in [0.15, 0.2) is 5.60 Å². The van der Waals surface area contributed by atoms with Crippen molar-refractivity contribution in [2.45, 2.75) is 18.4 Å². The van der Waals surface area contributed by atoms with Crippen LogP contribution in [0.25, 0.3) is 0 Å². The van der Waals surface area contributed by atoms with Gasteiger partial charge in [0.25, 0.3) is 0 Å². The Morgan fingerprint density at radius 2 is 1.77 bits per heavy atom. The van der Waals surface area contributed by atoms with Gasteiger partial charge in [-0.15, -0.1) is 0 Å². The molecule has 1 rings (SSSR count). The highest BCUT2D eigenvalue weighted by Gasteiger charge is 2.41. The molecule has 22 heavy (non-hydrogen) atoms. The molecule has 1 atom stereocenters. The van der Waals surface area contributed by atoms with E-state index >= 15 is 0 Å². The van der Waals surface area contributed by atoms with Gasteiger partial charge in [0.1, 0.15) is 0 Å². The van der Waals surface area contributed by atoms with E-state index in [1.165, 1.54) is 24.3 Å². The number of carbonyl (C=O) groups is 4. The van der Waals surface area contributed by atoms with E-state index in [2.05, 4.69) is 4.74 Å². The molecule has 0 aliphatic heterocycles. The molecule has 0 saturated heterocycles. The Hall–Kier alpha value is -2.45. The minimum atomic E-state index is -2.86. The average Bonchev–Trinajstić information content (AvgIpc) is 2.37. The quantitative estimate of drug-likeness (QED) is 0.512. The summed E-state index contributed by atoms with van der Waals surface area (Å²) in [6.07, 6.45) is -2.41. The van der Waals surface area contributed by atoms with Crippen LogP contribution in [-0.4, -0.2) is 44.8 Å². The first kappa shape index (κ1) is 17.6. The summed E-state index contributed by atoms with van der Waals surface area (Å²) < 4.78 is 4.37. The number of aliphatic carboxylic acids is 2. The number of benzene rings is 1. The first-order valence-corrected chi connectivity index (χ1v) is 6.20. The topological polar surface area (TPSA) is 138 Å². The third-order valence-electron chi connectivity index (χ3n) is 2.55. The molecule has 0 fully saturated rings. The molecule has 0 saturated carbocycles. The van der Waals surface area contributed by atoms with E-state index in [1.807, 2.05) is 0 Å². The summed E-state index contributed by atoms with van der Waals surface area (Å²) in [6, 6.07) is 5.44. The van der Waals surface area contributed by atoms with Crippen LogP contribution in [0.15, 0.2) is 24.3 Å². The maximum atomic E-state index is 11.6. The zero-order valence-electron chi connectivity index (χ0n) is 11.0. The minimum Gasteiger partial charge on any atom is -0.481 e. The van der Waals surface area contributed by atoms with Crippen molar-refractivity contribution in [2.24, 2.45) is 0 Å². The van der Waals surface area contributed by atoms with Crippen molar-refractivity contribution in [2.75, 3.05) is 0 Å². The molecule has 0 amide bonds. The maximum Gasteiger partial charge on any atom is 0.345 e. The van der Waals surface area contributed by atoms with Gasteiger partial charge in [0.05, 0.1) is 18.4 Å². The number of rotatable bonds is 6. The van der Waals surface area contributed by atoms with Crippen molar-refractivity contribution < 1.29 is 39.2 Å². The predicted octanol–water partition coefficient (Wildman–Crippen LogP) is 0.704. The van der Waals surface area contributed by atoms with Crippen molar-refractivity contribution in [3.63, 3.8) is 0 Å². The fourth-order valence-corrected chi connectivity index (χ4v) is 1.71. The third-order valence-corrected chi connectivity index (χ3v) is 2.78. The van der Waals surface area contributed by atoms with E-state index in [0.29, 0.717) is 0 Å². The molecule has 0 aliphatic carbocycles. The van der Waals surface area contributed by atoms with Crippen LogP contribution in [0.1, 0.15) is 23.2 Å². The lowest BCUT2D eigenvalue weighted by atomic mass is 9.96. The molecule has 0 aliphatic rings. The highest BCUT2D eigenvalue weighted by atomic mass is 35.5. The summed E-state index contributed by atoms with van der Waals surface area (Å²) in [6.45, 7) is 0. The number of aliphatic hydroxyl groups is 1. The zero-order valence-corrected chi connectivity index (χ0v) is 11.7. The molecule has 8 nitrogen and oxygen atoms in total. The lowest BCUT2D eigenvalue weighted by Gasteiger charge is -2.19. The number of carbonyl (C=O) groups excluding carboxylic acids is 2. The SMILES string of the molecule is O=C(O)CC(O)(CC(=O)OC(=O)c1cccc(Cl)c1)C(=O)O. The van der Waals surface area contributed by atoms with Gasteiger partial charge in [0.2, 0.25) is 0 Å². The molecule has 1 unspecified atom stereocenters. The first-order chi connectivity index (χ1) is 10.1. The standard InChI is InChI=1S/C13H11ClO8/c14-8-3-1-2-7(4-8)11(18)22-10(17)6-13(21,12(19)20)5-9(15)16/h1-4,21H,5-6H2,(H,15,16)(H,19,20). The number of ether oxygens (including phenoxy) is 1. The van der Waals surface area contributed by atoms with Crippen molar-refractivity contribution >= 4 is 35.5 Å². The van der Waals surface area contributed by atoms with E-state index in [1.54, 1.807) is 0 Å². The summed E-state index contributed by atoms with van der Waals surface area (Å²) in [5, 5.41) is 27.2. The molecule has 0 heterocycles. The Balaban J connectivity index is 2.78. The largest absolute Gasteiger partial charge is 0.481 e. The van der Waals surface area contributed by atoms with Gasteiger partial charge >= 0.3 is 23.9 Å². The molecule has 3 N–H and O–H groups in total.